The van der Waals surface area contributed by atoms with E-state index < -0.39 is 0 Å². The van der Waals surface area contributed by atoms with Gasteiger partial charge in [0.1, 0.15) is 0 Å². The first kappa shape index (κ1) is 13.3. The smallest absolute Gasteiger partial charge is 0.166 e. The van der Waals surface area contributed by atoms with Crippen LogP contribution in [0.25, 0.3) is 0 Å². The summed E-state index contributed by atoms with van der Waals surface area (Å²) >= 11 is 5.29. The normalized spacial score (nSPS) is 20.4. The van der Waals surface area contributed by atoms with Crippen molar-refractivity contribution in [3.63, 3.8) is 0 Å². The summed E-state index contributed by atoms with van der Waals surface area (Å²) < 4.78 is 5.54. The third-order valence-electron chi connectivity index (χ3n) is 3.16. The lowest BCUT2D eigenvalue weighted by Gasteiger charge is -2.18. The second-order valence-corrected chi connectivity index (χ2v) is 5.03. The van der Waals surface area contributed by atoms with Gasteiger partial charge in [-0.15, -0.1) is 0 Å². The van der Waals surface area contributed by atoms with Crippen molar-refractivity contribution in [2.75, 3.05) is 13.2 Å². The van der Waals surface area contributed by atoms with Crippen LogP contribution in [0.15, 0.2) is 30.3 Å². The molecule has 2 atom stereocenters. The molecule has 1 fully saturated rings. The third-order valence-corrected chi connectivity index (χ3v) is 3.42. The van der Waals surface area contributed by atoms with E-state index in [1.165, 1.54) is 5.56 Å². The molecule has 18 heavy (non-hydrogen) atoms. The Labute approximate surface area is 114 Å². The van der Waals surface area contributed by atoms with Gasteiger partial charge in [-0.2, -0.15) is 0 Å². The molecule has 0 saturated carbocycles. The van der Waals surface area contributed by atoms with Crippen LogP contribution >= 0.6 is 12.2 Å². The van der Waals surface area contributed by atoms with E-state index >= 15 is 0 Å². The molecule has 0 radical (unpaired) electrons. The summed E-state index contributed by atoms with van der Waals surface area (Å²) in [6, 6.07) is 10.5. The molecule has 1 aliphatic rings. The van der Waals surface area contributed by atoms with Crippen molar-refractivity contribution in [1.29, 1.82) is 0 Å². The van der Waals surface area contributed by atoms with Crippen molar-refractivity contribution in [2.45, 2.75) is 31.9 Å². The molecular formula is C14H20N2OS. The fourth-order valence-electron chi connectivity index (χ4n) is 2.08. The molecule has 1 heterocycles. The molecular weight excluding hydrogens is 244 g/mol. The van der Waals surface area contributed by atoms with E-state index in [9.17, 15) is 0 Å². The molecule has 3 nitrogen and oxygen atoms in total. The first-order chi connectivity index (χ1) is 8.75. The lowest BCUT2D eigenvalue weighted by Crippen LogP contribution is -2.40. The second-order valence-electron chi connectivity index (χ2n) is 4.62. The summed E-state index contributed by atoms with van der Waals surface area (Å²) in [6.07, 6.45) is 2.60. The SMILES string of the molecule is C[C@H](NC(=S)NC[C@@H]1CCCO1)c1ccccc1. The third kappa shape index (κ3) is 3.96. The molecule has 0 spiro atoms. The minimum absolute atomic E-state index is 0.218. The highest BCUT2D eigenvalue weighted by Gasteiger charge is 2.15. The number of thiocarbonyl (C=S) groups is 1. The average molecular weight is 264 g/mol. The molecule has 2 N–H and O–H groups in total. The Morgan fingerprint density at radius 3 is 2.89 bits per heavy atom. The molecule has 2 rings (SSSR count). The van der Waals surface area contributed by atoms with Gasteiger partial charge < -0.3 is 15.4 Å². The Hall–Kier alpha value is -1.13. The molecule has 4 heteroatoms. The number of hydrogen-bond acceptors (Lipinski definition) is 2. The van der Waals surface area contributed by atoms with Crippen molar-refractivity contribution in [1.82, 2.24) is 10.6 Å². The van der Waals surface area contributed by atoms with Crippen LogP contribution in [0.2, 0.25) is 0 Å². The van der Waals surface area contributed by atoms with Crippen LogP contribution < -0.4 is 10.6 Å². The van der Waals surface area contributed by atoms with E-state index in [1.807, 2.05) is 18.2 Å². The Morgan fingerprint density at radius 1 is 1.44 bits per heavy atom. The quantitative estimate of drug-likeness (QED) is 0.818. The Kier molecular flexibility index (Phi) is 4.96. The summed E-state index contributed by atoms with van der Waals surface area (Å²) in [5, 5.41) is 7.20. The highest BCUT2D eigenvalue weighted by molar-refractivity contribution is 7.80. The number of rotatable bonds is 4. The van der Waals surface area contributed by atoms with Crippen LogP contribution in [-0.4, -0.2) is 24.4 Å². The van der Waals surface area contributed by atoms with Crippen molar-refractivity contribution in [2.24, 2.45) is 0 Å². The van der Waals surface area contributed by atoms with Crippen molar-refractivity contribution < 1.29 is 4.74 Å². The van der Waals surface area contributed by atoms with Crippen LogP contribution in [0.3, 0.4) is 0 Å². The van der Waals surface area contributed by atoms with Crippen molar-refractivity contribution in [3.8, 4) is 0 Å². The predicted molar refractivity (Wildman–Crippen MR) is 77.6 cm³/mol. The van der Waals surface area contributed by atoms with Crippen LogP contribution in [0.4, 0.5) is 0 Å². The topological polar surface area (TPSA) is 33.3 Å². The molecule has 0 aromatic heterocycles. The minimum atomic E-state index is 0.218. The van der Waals surface area contributed by atoms with E-state index in [2.05, 4.69) is 29.7 Å². The summed E-state index contributed by atoms with van der Waals surface area (Å²) in [4.78, 5) is 0. The van der Waals surface area contributed by atoms with Gasteiger partial charge in [-0.3, -0.25) is 0 Å². The van der Waals surface area contributed by atoms with Gasteiger partial charge in [0.25, 0.3) is 0 Å². The van der Waals surface area contributed by atoms with Crippen LogP contribution in [0.5, 0.6) is 0 Å². The largest absolute Gasteiger partial charge is 0.376 e. The highest BCUT2D eigenvalue weighted by Crippen LogP contribution is 2.12. The molecule has 0 bridgehead atoms. The fraction of sp³-hybridized carbons (Fsp3) is 0.500. The first-order valence-corrected chi connectivity index (χ1v) is 6.87. The maximum atomic E-state index is 5.54. The molecule has 1 aromatic carbocycles. The van der Waals surface area contributed by atoms with Crippen LogP contribution in [0, 0.1) is 0 Å². The van der Waals surface area contributed by atoms with Gasteiger partial charge in [-0.25, -0.2) is 0 Å². The standard InChI is InChI=1S/C14H20N2OS/c1-11(12-6-3-2-4-7-12)16-14(18)15-10-13-8-5-9-17-13/h2-4,6-7,11,13H,5,8-10H2,1H3,(H2,15,16,18)/t11-,13-/m0/s1. The number of ether oxygens (including phenoxy) is 1. The number of hydrogen-bond donors (Lipinski definition) is 2. The van der Waals surface area contributed by atoms with Crippen LogP contribution in [0.1, 0.15) is 31.4 Å². The lowest BCUT2D eigenvalue weighted by atomic mass is 10.1. The van der Waals surface area contributed by atoms with Gasteiger partial charge in [0.2, 0.25) is 0 Å². The molecule has 0 unspecified atom stereocenters. The van der Waals surface area contributed by atoms with E-state index in [-0.39, 0.29) is 6.04 Å². The predicted octanol–water partition coefficient (Wildman–Crippen LogP) is 2.39. The van der Waals surface area contributed by atoms with Crippen LogP contribution in [-0.2, 0) is 4.74 Å². The van der Waals surface area contributed by atoms with Gasteiger partial charge in [-0.1, -0.05) is 30.3 Å². The molecule has 98 valence electrons. The van der Waals surface area contributed by atoms with Crippen molar-refractivity contribution in [3.05, 3.63) is 35.9 Å². The van der Waals surface area contributed by atoms with E-state index in [1.54, 1.807) is 0 Å². The molecule has 1 aliphatic heterocycles. The maximum absolute atomic E-state index is 5.54. The zero-order valence-electron chi connectivity index (χ0n) is 10.7. The fourth-order valence-corrected chi connectivity index (χ4v) is 2.34. The first-order valence-electron chi connectivity index (χ1n) is 6.46. The summed E-state index contributed by atoms with van der Waals surface area (Å²) in [5.41, 5.74) is 1.23. The average Bonchev–Trinajstić information content (AvgIpc) is 2.90. The Bertz CT molecular complexity index is 377. The van der Waals surface area contributed by atoms with Gasteiger partial charge in [0.15, 0.2) is 5.11 Å². The molecule has 1 saturated heterocycles. The van der Waals surface area contributed by atoms with Gasteiger partial charge >= 0.3 is 0 Å². The second kappa shape index (κ2) is 6.71. The van der Waals surface area contributed by atoms with E-state index in [0.29, 0.717) is 11.2 Å². The molecule has 0 amide bonds. The highest BCUT2D eigenvalue weighted by atomic mass is 32.1. The molecule has 1 aromatic rings. The van der Waals surface area contributed by atoms with Gasteiger partial charge in [0.05, 0.1) is 12.1 Å². The molecule has 0 aliphatic carbocycles. The van der Waals surface area contributed by atoms with Crippen molar-refractivity contribution >= 4 is 17.3 Å². The van der Waals surface area contributed by atoms with E-state index in [4.69, 9.17) is 17.0 Å². The van der Waals surface area contributed by atoms with E-state index in [0.717, 1.165) is 26.0 Å². The summed E-state index contributed by atoms with van der Waals surface area (Å²) in [6.45, 7) is 3.79. The van der Waals surface area contributed by atoms with Gasteiger partial charge in [-0.05, 0) is 37.5 Å². The monoisotopic (exact) mass is 264 g/mol. The number of nitrogens with one attached hydrogen (secondary N) is 2. The minimum Gasteiger partial charge on any atom is -0.376 e. The number of benzene rings is 1. The summed E-state index contributed by atoms with van der Waals surface area (Å²) in [7, 11) is 0. The zero-order valence-corrected chi connectivity index (χ0v) is 11.5. The maximum Gasteiger partial charge on any atom is 0.166 e. The van der Waals surface area contributed by atoms with Gasteiger partial charge in [0, 0.05) is 13.2 Å². The lowest BCUT2D eigenvalue weighted by molar-refractivity contribution is 0.114. The summed E-state index contributed by atoms with van der Waals surface area (Å²) in [5.74, 6) is 0. The zero-order chi connectivity index (χ0) is 12.8. The Balaban J connectivity index is 1.73. The Morgan fingerprint density at radius 2 is 2.22 bits per heavy atom.